The number of para-hydroxylation sites is 1. The number of benzene rings is 8. The number of primary amides is 2. The number of aryl methyl sites for hydroxylation is 2. The van der Waals surface area contributed by atoms with Crippen LogP contribution in [-0.4, -0.2) is 207 Å². The Morgan fingerprint density at radius 1 is 0.555 bits per heavy atom. The highest BCUT2D eigenvalue weighted by Gasteiger charge is 2.50. The first-order chi connectivity index (χ1) is 61.1. The zero-order valence-corrected chi connectivity index (χ0v) is 79.8. The summed E-state index contributed by atoms with van der Waals surface area (Å²) >= 11 is 0. The standard InChI is InChI=1S/2C21H27NO.C15H22N2O.C15H21NO2.C12H14N2O2.C11H17NO3.C9H18N2O4/c2*1-5-20(23)21(16-17(2)22(3)4,18-12-8-6-9-13-18)19-14-10-7-11-15-19;1-11-7-6-8-12(2)14(11)16-15(18)13-9-4-5-10-17(13)3;1-3-18-14(17)15(9-11-16(2)12-10-15)13-7-5-4-6-8-13;1-3-12(9-7-5-4-6-8-9)10(15)14(2)11(16)13-12;1-13-9-6-8(4-5-12)7-10(14-2)11(9)15-3;1-3-4-9(2,5-14-7(10)12)6-15-8(11)13/h2*6-15,17H,5,16H2,1-4H3;6-8,13H,4-5,9-10H2,1-3H3,(H,16,18);4-8H,3,9-12H2,1-2H3;4-8H,3H2,1-2H3,(H,13,16);6-7H,4-5,12H2,1-3H3;3-6H2,1-2H3,(H2,10,12)(H2,11,13). The minimum Gasteiger partial charge on any atom is -0.493 e. The number of hydrogen-bond donors (Lipinski definition) is 5. The number of ketones is 2. The third-order valence-electron chi connectivity index (χ3n) is 24.5. The number of hydrogen-bond acceptors (Lipinski definition) is 19. The zero-order chi connectivity index (χ0) is 94.8. The zero-order valence-electron chi connectivity index (χ0n) is 79.8. The fraction of sp³-hybridized carbons (Fsp3) is 0.462. The molecule has 0 saturated carbocycles. The van der Waals surface area contributed by atoms with Crippen molar-refractivity contribution in [3.63, 3.8) is 0 Å². The largest absolute Gasteiger partial charge is 0.493 e. The predicted molar refractivity (Wildman–Crippen MR) is 512 cm³/mol. The van der Waals surface area contributed by atoms with E-state index in [1.165, 1.54) is 13.5 Å². The van der Waals surface area contributed by atoms with Gasteiger partial charge in [0, 0.05) is 43.1 Å². The van der Waals surface area contributed by atoms with E-state index >= 15 is 0 Å². The molecule has 24 nitrogen and oxygen atoms in total. The topological polar surface area (TPSA) is 310 Å². The van der Waals surface area contributed by atoms with Crippen molar-refractivity contribution < 1.29 is 66.8 Å². The molecule has 0 bridgehead atoms. The maximum atomic E-state index is 13.2. The number of likely N-dealkylation sites (tertiary alicyclic amines) is 2. The van der Waals surface area contributed by atoms with Gasteiger partial charge in [-0.2, -0.15) is 0 Å². The maximum Gasteiger partial charge on any atom is 0.404 e. The summed E-state index contributed by atoms with van der Waals surface area (Å²) in [6.07, 6.45) is 8.89. The normalized spacial score (nSPS) is 15.9. The van der Waals surface area contributed by atoms with Gasteiger partial charge in [-0.15, -0.1) is 0 Å². The van der Waals surface area contributed by atoms with Crippen molar-refractivity contribution in [1.82, 2.24) is 29.8 Å². The van der Waals surface area contributed by atoms with Gasteiger partial charge in [-0.3, -0.25) is 33.8 Å². The minimum atomic E-state index is -0.882. The molecule has 0 radical (unpaired) electrons. The second-order valence-electron chi connectivity index (χ2n) is 33.8. The molecule has 3 aliphatic rings. The number of nitrogens with two attached hydrogens (primary N) is 3. The van der Waals surface area contributed by atoms with Gasteiger partial charge in [-0.05, 0) is 223 Å². The fourth-order valence-corrected chi connectivity index (χ4v) is 16.5. The molecule has 3 fully saturated rings. The highest BCUT2D eigenvalue weighted by Crippen LogP contribution is 2.43. The molecule has 4 atom stereocenters. The van der Waals surface area contributed by atoms with Gasteiger partial charge in [-0.25, -0.2) is 14.4 Å². The van der Waals surface area contributed by atoms with Crippen LogP contribution in [0.4, 0.5) is 20.1 Å². The lowest BCUT2D eigenvalue weighted by atomic mass is 9.67. The Balaban J connectivity index is 0.000000266. The summed E-state index contributed by atoms with van der Waals surface area (Å²) in [4.78, 5) is 106. The van der Waals surface area contributed by atoms with Crippen molar-refractivity contribution in [1.29, 1.82) is 0 Å². The second-order valence-corrected chi connectivity index (χ2v) is 33.8. The van der Waals surface area contributed by atoms with Gasteiger partial charge in [0.05, 0.1) is 50.2 Å². The van der Waals surface area contributed by atoms with Gasteiger partial charge in [0.2, 0.25) is 11.7 Å². The van der Waals surface area contributed by atoms with Crippen LogP contribution < -0.4 is 42.0 Å². The average molecular weight is 1760 g/mol. The van der Waals surface area contributed by atoms with E-state index in [0.717, 1.165) is 138 Å². The highest BCUT2D eigenvalue weighted by molar-refractivity contribution is 6.07. The molecule has 8 N–H and O–H groups in total. The smallest absolute Gasteiger partial charge is 0.404 e. The Morgan fingerprint density at radius 3 is 1.29 bits per heavy atom. The summed E-state index contributed by atoms with van der Waals surface area (Å²) in [5, 5.41) is 5.87. The number of ether oxygens (including phenoxy) is 6. The van der Waals surface area contributed by atoms with E-state index in [9.17, 15) is 38.4 Å². The number of Topliss-reactive ketones (excluding diaryl/α,β-unsaturated/α-hetero) is 2. The number of nitrogens with one attached hydrogen (secondary N) is 2. The monoisotopic (exact) mass is 1760 g/mol. The van der Waals surface area contributed by atoms with E-state index in [0.29, 0.717) is 61.7 Å². The molecule has 4 unspecified atom stereocenters. The van der Waals surface area contributed by atoms with Crippen LogP contribution in [0, 0.1) is 19.3 Å². The van der Waals surface area contributed by atoms with Gasteiger partial charge >= 0.3 is 24.2 Å². The van der Waals surface area contributed by atoms with Crippen LogP contribution in [0.2, 0.25) is 0 Å². The molecule has 24 heteroatoms. The summed E-state index contributed by atoms with van der Waals surface area (Å²) in [6, 6.07) is 70.5. The van der Waals surface area contributed by atoms with Crippen LogP contribution >= 0.6 is 0 Å². The lowest BCUT2D eigenvalue weighted by Crippen LogP contribution is -2.47. The Hall–Kier alpha value is -11.3. The first-order valence-electron chi connectivity index (χ1n) is 44.7. The summed E-state index contributed by atoms with van der Waals surface area (Å²) < 4.78 is 30.4. The number of urea groups is 1. The number of anilines is 1. The average Bonchev–Trinajstić information content (AvgIpc) is 1.10. The van der Waals surface area contributed by atoms with Gasteiger partial charge in [-0.1, -0.05) is 248 Å². The molecular weight excluding hydrogens is 1610 g/mol. The third-order valence-corrected chi connectivity index (χ3v) is 24.5. The van der Waals surface area contributed by atoms with Gasteiger partial charge in [0.1, 0.15) is 30.3 Å². The van der Waals surface area contributed by atoms with Gasteiger partial charge in [0.25, 0.3) is 5.91 Å². The summed E-state index contributed by atoms with van der Waals surface area (Å²) in [5.41, 5.74) is 22.9. The third kappa shape index (κ3) is 29.6. The molecule has 696 valence electrons. The van der Waals surface area contributed by atoms with Crippen molar-refractivity contribution in [2.45, 2.75) is 193 Å². The van der Waals surface area contributed by atoms with E-state index in [-0.39, 0.29) is 54.6 Å². The molecule has 0 spiro atoms. The van der Waals surface area contributed by atoms with Crippen LogP contribution in [-0.2, 0) is 66.4 Å². The maximum absolute atomic E-state index is 13.2. The SMILES string of the molecule is CCC(=O)C(CC(C)N(C)C)(c1ccccc1)c1ccccc1.CCC(=O)C(CC(C)N(C)C)(c1ccccc1)c1ccccc1.CCC1(c2ccccc2)NC(=O)N(C)C1=O.CCCC(C)(COC(N)=O)COC(N)=O.CCOC(=O)C1(c2ccccc2)CCN(C)CC1.COc1cc(CCN)cc(OC)c1OC.Cc1cccc(C)c1NC(=O)C1CCCCN1C. The molecule has 6 amide bonds. The lowest BCUT2D eigenvalue weighted by molar-refractivity contribution is -0.152. The Morgan fingerprint density at radius 2 is 0.961 bits per heavy atom. The number of imide groups is 1. The van der Waals surface area contributed by atoms with E-state index in [1.54, 1.807) is 21.3 Å². The van der Waals surface area contributed by atoms with Crippen LogP contribution in [0.25, 0.3) is 0 Å². The number of esters is 1. The first kappa shape index (κ1) is 107. The molecule has 8 aromatic rings. The summed E-state index contributed by atoms with van der Waals surface area (Å²) in [7, 11) is 18.7. The number of piperidine rings is 2. The molecule has 11 rings (SSSR count). The van der Waals surface area contributed by atoms with E-state index in [2.05, 4.69) is 128 Å². The number of amides is 6. The van der Waals surface area contributed by atoms with Crippen molar-refractivity contribution in [3.05, 3.63) is 262 Å². The lowest BCUT2D eigenvalue weighted by Gasteiger charge is -2.38. The van der Waals surface area contributed by atoms with Crippen molar-refractivity contribution >= 4 is 53.3 Å². The quantitative estimate of drug-likeness (QED) is 0.0149. The summed E-state index contributed by atoms with van der Waals surface area (Å²) in [5.74, 6) is 2.39. The number of likely N-dealkylation sites (N-methyl/N-ethyl adjacent to an activating group) is 2. The van der Waals surface area contributed by atoms with Crippen molar-refractivity contribution in [2.24, 2.45) is 22.6 Å². The van der Waals surface area contributed by atoms with Crippen molar-refractivity contribution in [3.8, 4) is 17.2 Å². The molecule has 128 heavy (non-hydrogen) atoms. The molecule has 0 aliphatic carbocycles. The molecule has 3 aliphatic heterocycles. The Kier molecular flexibility index (Phi) is 44.8. The molecule has 3 heterocycles. The van der Waals surface area contributed by atoms with Crippen molar-refractivity contribution in [2.75, 3.05) is 122 Å². The number of carbonyl (C=O) groups excluding carboxylic acids is 8. The Bertz CT molecular complexity index is 4430. The van der Waals surface area contributed by atoms with E-state index in [4.69, 9.17) is 45.6 Å². The van der Waals surface area contributed by atoms with Crippen LogP contribution in [0.3, 0.4) is 0 Å². The second kappa shape index (κ2) is 53.5. The number of methoxy groups -OCH3 is 3. The van der Waals surface area contributed by atoms with Crippen LogP contribution in [0.5, 0.6) is 17.2 Å². The van der Waals surface area contributed by atoms with Gasteiger partial charge in [0.15, 0.2) is 11.5 Å². The first-order valence-corrected chi connectivity index (χ1v) is 44.7. The van der Waals surface area contributed by atoms with E-state index in [1.807, 2.05) is 226 Å². The van der Waals surface area contributed by atoms with Crippen LogP contribution in [0.15, 0.2) is 212 Å². The van der Waals surface area contributed by atoms with E-state index < -0.39 is 39.4 Å². The molecule has 8 aromatic carbocycles. The highest BCUT2D eigenvalue weighted by atomic mass is 16.6. The predicted octanol–water partition coefficient (Wildman–Crippen LogP) is 17.2. The van der Waals surface area contributed by atoms with Gasteiger partial charge < -0.3 is 71.0 Å². The minimum absolute atomic E-state index is 0.0257. The number of nitrogens with zero attached hydrogens (tertiary/aromatic N) is 5. The fourth-order valence-electron chi connectivity index (χ4n) is 16.5. The number of carbonyl (C=O) groups is 8. The molecular formula is C104H146N10O14. The Labute approximate surface area is 762 Å². The molecule has 0 aromatic heterocycles. The number of rotatable bonds is 32. The summed E-state index contributed by atoms with van der Waals surface area (Å²) in [6.45, 7) is 24.1. The molecule has 3 saturated heterocycles. The van der Waals surface area contributed by atoms with Crippen LogP contribution in [0.1, 0.15) is 183 Å².